The number of aryl methyl sites for hydroxylation is 1. The van der Waals surface area contributed by atoms with E-state index in [0.717, 1.165) is 96.1 Å². The third-order valence-corrected chi connectivity index (χ3v) is 27.6. The molecule has 10 unspecified atom stereocenters. The third kappa shape index (κ3) is 11.5. The Bertz CT molecular complexity index is 5270. The maximum Gasteiger partial charge on any atom is 0.318 e. The molecule has 112 heavy (non-hydrogen) atoms. The first-order chi connectivity index (χ1) is 52.1. The average Bonchev–Trinajstić information content (AvgIpc) is 1.62. The van der Waals surface area contributed by atoms with Crippen molar-refractivity contribution in [3.63, 3.8) is 0 Å². The Hall–Kier alpha value is -8.84. The molecule has 4 bridgehead atoms. The summed E-state index contributed by atoms with van der Waals surface area (Å²) in [5, 5.41) is 64.1. The van der Waals surface area contributed by atoms with Crippen LogP contribution in [0.5, 0.6) is 0 Å². The van der Waals surface area contributed by atoms with E-state index in [2.05, 4.69) is 176 Å². The van der Waals surface area contributed by atoms with Crippen molar-refractivity contribution >= 4 is 130 Å². The summed E-state index contributed by atoms with van der Waals surface area (Å²) < 4.78 is 9.29. The normalized spacial score (nSPS) is 31.6. The van der Waals surface area contributed by atoms with Crippen LogP contribution < -0.4 is 37.2 Å². The van der Waals surface area contributed by atoms with Crippen LogP contribution in [-0.2, 0) is 47.8 Å². The molecule has 8 N–H and O–H groups in total. The topological polar surface area (TPSA) is 307 Å². The van der Waals surface area contributed by atoms with Gasteiger partial charge in [-0.2, -0.15) is 20.3 Å². The monoisotopic (exact) mass is 1520 g/mol. The van der Waals surface area contributed by atoms with Gasteiger partial charge in [-0.1, -0.05) is 88.6 Å². The lowest BCUT2D eigenvalue weighted by atomic mass is 9.54. The highest BCUT2D eigenvalue weighted by molar-refractivity contribution is 6.24. The van der Waals surface area contributed by atoms with Gasteiger partial charge < -0.3 is 41.8 Å². The number of hydrogen-bond acceptors (Lipinski definition) is 20. The van der Waals surface area contributed by atoms with Crippen LogP contribution in [0, 0.1) is 77.9 Å². The summed E-state index contributed by atoms with van der Waals surface area (Å²) in [4.78, 5) is 105. The molecule has 10 atom stereocenters. The zero-order chi connectivity index (χ0) is 80.9. The van der Waals surface area contributed by atoms with E-state index in [-0.39, 0.29) is 23.6 Å². The molecule has 2 saturated carbocycles. The Morgan fingerprint density at radius 2 is 0.562 bits per heavy atom. The number of likely N-dealkylation sites (tertiary alicyclic amines) is 1. The van der Waals surface area contributed by atoms with Gasteiger partial charge in [-0.3, -0.25) is 43.3 Å². The van der Waals surface area contributed by atoms with Crippen LogP contribution in [0.4, 0.5) is 17.1 Å². The van der Waals surface area contributed by atoms with Crippen LogP contribution in [0.3, 0.4) is 0 Å². The number of hydrogen-bond donors (Lipinski definition) is 6. The molecule has 0 aromatic heterocycles. The number of anilines is 3. The summed E-state index contributed by atoms with van der Waals surface area (Å²) in [7, 11) is 1.50. The predicted octanol–water partition coefficient (Wildman–Crippen LogP) is 10.8. The fraction of sp³-hybridized carbons (Fsp3) is 0.511. The van der Waals surface area contributed by atoms with Crippen LogP contribution in [-0.4, -0.2) is 145 Å². The number of hydroxylamine groups is 8. The Balaban J connectivity index is 0.000000144. The number of imide groups is 2. The van der Waals surface area contributed by atoms with E-state index >= 15 is 0 Å². The molecule has 8 aliphatic heterocycles. The Labute approximate surface area is 651 Å². The van der Waals surface area contributed by atoms with E-state index in [4.69, 9.17) is 11.5 Å². The van der Waals surface area contributed by atoms with Gasteiger partial charge in [0.25, 0.3) is 0 Å². The van der Waals surface area contributed by atoms with Crippen molar-refractivity contribution in [2.75, 3.05) is 23.4 Å². The lowest BCUT2D eigenvalue weighted by Gasteiger charge is -2.50. The van der Waals surface area contributed by atoms with Gasteiger partial charge in [-0.05, 0) is 269 Å². The Morgan fingerprint density at radius 3 is 0.857 bits per heavy atom. The minimum absolute atomic E-state index is 0.269. The molecule has 590 valence electrons. The summed E-state index contributed by atoms with van der Waals surface area (Å²) in [5.74, 6) is -10.7. The molecule has 22 nitrogen and oxygen atoms in total. The number of piperidine rings is 4. The Morgan fingerprint density at radius 1 is 0.321 bits per heavy atom. The maximum atomic E-state index is 14.7. The second-order valence-corrected chi connectivity index (χ2v) is 39.5. The standard InChI is InChI=1S/C46H54N4O6.C32H44N4O2.C12H8O6/c1-23-11-13-27-31(17-23)33(24-19-43(2,3)49(55)44(4,5)20-24)28-14-12-26(18-32(28)34(27)25-21-45(6,7)50(56)46(8,9)22-25)48-41(53)37-29-15-16-30(38(37)42(48)54)36-35(29)39(51)47(10)40(36)52;1-29(2)15-19(16-30(3,4)35(29)37)27-23-11-9-22(34)14-26(23)28(24-12-10-21(33)13-25(24)27)20-17-31(5,6)36(38)32(7,8)18-20;13-9-5-3-1-2-4(7(5)11(15)17-9)8-6(3)10(14)18-12(8)16/h11-18,29-30,35-38,55-56H,19-22H2,1-10H3;9-14,37-38H,15-18,33-34H2,1-8H3;1-8H. The predicted molar refractivity (Wildman–Crippen MR) is 425 cm³/mol. The molecule has 6 aliphatic carbocycles. The molecule has 4 amide bonds. The van der Waals surface area contributed by atoms with Crippen LogP contribution in [0.1, 0.15) is 168 Å². The lowest BCUT2D eigenvalue weighted by molar-refractivity contribution is -0.228. The van der Waals surface area contributed by atoms with Gasteiger partial charge in [-0.25, -0.2) is 4.90 Å². The second kappa shape index (κ2) is 25.3. The Kier molecular flexibility index (Phi) is 17.4. The number of fused-ring (bicyclic) bond motifs is 4. The van der Waals surface area contributed by atoms with Gasteiger partial charge >= 0.3 is 23.9 Å². The number of ether oxygens (including phenoxy) is 2. The van der Waals surface area contributed by atoms with E-state index in [1.54, 1.807) is 12.2 Å². The molecule has 22 heteroatoms. The largest absolute Gasteiger partial charge is 0.399 e. The highest BCUT2D eigenvalue weighted by Gasteiger charge is 2.70. The summed E-state index contributed by atoms with van der Waals surface area (Å²) in [5.41, 5.74) is 17.1. The number of nitrogen functional groups attached to an aromatic ring is 2. The van der Waals surface area contributed by atoms with E-state index in [1.165, 1.54) is 69.8 Å². The molecule has 14 aliphatic rings. The number of esters is 4. The van der Waals surface area contributed by atoms with Crippen molar-refractivity contribution in [3.8, 4) is 0 Å². The average molecular weight is 1520 g/mol. The maximum absolute atomic E-state index is 14.7. The zero-order valence-electron chi connectivity index (χ0n) is 67.5. The van der Waals surface area contributed by atoms with Crippen LogP contribution in [0.15, 0.2) is 97.1 Å². The number of cyclic esters (lactones) is 4. The van der Waals surface area contributed by atoms with Crippen molar-refractivity contribution in [1.29, 1.82) is 0 Å². The number of nitrogens with zero attached hydrogens (tertiary/aromatic N) is 6. The number of carbonyl (C=O) groups is 8. The van der Waals surface area contributed by atoms with Gasteiger partial charge in [-0.15, -0.1) is 0 Å². The van der Waals surface area contributed by atoms with E-state index < -0.39 is 139 Å². The van der Waals surface area contributed by atoms with Crippen molar-refractivity contribution < 1.29 is 68.7 Å². The first kappa shape index (κ1) is 77.1. The first-order valence-electron chi connectivity index (χ1n) is 39.6. The molecule has 20 rings (SSSR count). The van der Waals surface area contributed by atoms with Crippen molar-refractivity contribution in [2.45, 2.75) is 213 Å². The highest BCUT2D eigenvalue weighted by atomic mass is 16.6. The zero-order valence-corrected chi connectivity index (χ0v) is 67.5. The lowest BCUT2D eigenvalue weighted by Crippen LogP contribution is -2.57. The SMILES string of the molecule is CC1(C)CC(=c2c3ccc(N)cc3c(=C3CC(C)(C)N(O)C(C)(C)C3)c3ccc(N)cc23)CC(C)(C)N1O.Cc1ccc2c(=C3CC(C)(C)N(O)C(C)(C)C3)c3cc(N4C(=O)C5C6C=CC(C7C(=O)N(C)C(=O)C67)C5C4=O)ccc3c(=C3CC(C)(C)N(O)C(C)(C)C3)c2c1.O=C1OC(=O)C2C3C=CC(C12)C1C(=O)OC(=O)C31. The molecule has 0 radical (unpaired) electrons. The minimum atomic E-state index is -0.708. The molecule has 0 spiro atoms. The summed E-state index contributed by atoms with van der Waals surface area (Å²) in [6, 6.07) is 25.1. The van der Waals surface area contributed by atoms with E-state index in [0.29, 0.717) is 31.4 Å². The molecule has 8 saturated heterocycles. The number of nitrogens with two attached hydrogens (primary N) is 2. The minimum Gasteiger partial charge on any atom is -0.399 e. The fourth-order valence-corrected chi connectivity index (χ4v) is 23.7. The van der Waals surface area contributed by atoms with Crippen molar-refractivity contribution in [2.24, 2.45) is 71.0 Å². The van der Waals surface area contributed by atoms with Gasteiger partial charge in [0, 0.05) is 86.4 Å². The van der Waals surface area contributed by atoms with Gasteiger partial charge in [0.1, 0.15) is 0 Å². The third-order valence-electron chi connectivity index (χ3n) is 27.6. The highest BCUT2D eigenvalue weighted by Crippen LogP contribution is 2.60. The molecular weight excluding hydrogens is 1420 g/mol. The quantitative estimate of drug-likeness (QED) is 0.0223. The summed E-state index contributed by atoms with van der Waals surface area (Å²) in [6.45, 7) is 35.4. The molecule has 10 fully saturated rings. The smallest absolute Gasteiger partial charge is 0.318 e. The summed E-state index contributed by atoms with van der Waals surface area (Å²) in [6.07, 6.45) is 12.7. The first-order valence-corrected chi connectivity index (χ1v) is 39.6. The fourth-order valence-electron chi connectivity index (χ4n) is 23.7. The van der Waals surface area contributed by atoms with E-state index in [1.807, 2.05) is 36.4 Å². The molecule has 8 heterocycles. The molecular formula is C90H106N8O14. The summed E-state index contributed by atoms with van der Waals surface area (Å²) >= 11 is 0. The number of carbonyl (C=O) groups excluding carboxylic acids is 8. The number of allylic oxidation sites excluding steroid dienone is 4. The number of amides is 4. The van der Waals surface area contributed by atoms with E-state index in [9.17, 15) is 59.2 Å². The van der Waals surface area contributed by atoms with Crippen molar-refractivity contribution in [3.05, 3.63) is 124 Å². The van der Waals surface area contributed by atoms with Crippen LogP contribution in [0.25, 0.3) is 65.4 Å². The van der Waals surface area contributed by atoms with Crippen LogP contribution >= 0.6 is 0 Å². The van der Waals surface area contributed by atoms with Crippen molar-refractivity contribution in [1.82, 2.24) is 25.2 Å². The van der Waals surface area contributed by atoms with Crippen LogP contribution in [0.2, 0.25) is 0 Å². The molecule has 6 aromatic carbocycles. The van der Waals surface area contributed by atoms with Gasteiger partial charge in [0.2, 0.25) is 23.6 Å². The van der Waals surface area contributed by atoms with Gasteiger partial charge in [0.05, 0.1) is 53.0 Å². The number of rotatable bonds is 1. The number of benzene rings is 6. The molecule has 6 aromatic rings. The second-order valence-electron chi connectivity index (χ2n) is 39.5. The van der Waals surface area contributed by atoms with Gasteiger partial charge in [0.15, 0.2) is 0 Å².